The summed E-state index contributed by atoms with van der Waals surface area (Å²) < 4.78 is 0. The summed E-state index contributed by atoms with van der Waals surface area (Å²) in [5, 5.41) is 6.19. The van der Waals surface area contributed by atoms with Crippen LogP contribution in [0.5, 0.6) is 0 Å². The summed E-state index contributed by atoms with van der Waals surface area (Å²) >= 11 is 0. The minimum atomic E-state index is -0.0748. The summed E-state index contributed by atoms with van der Waals surface area (Å²) in [6.07, 6.45) is 3.54. The number of pyridine rings is 1. The first-order valence-electron chi connectivity index (χ1n) is 7.14. The molecule has 0 atom stereocenters. The van der Waals surface area contributed by atoms with E-state index in [1.165, 1.54) is 0 Å². The molecular weight excluding hydrogens is 262 g/mol. The van der Waals surface area contributed by atoms with Crippen molar-refractivity contribution in [3.05, 3.63) is 58.9 Å². The van der Waals surface area contributed by atoms with Gasteiger partial charge in [0, 0.05) is 31.2 Å². The Kier molecular flexibility index (Phi) is 4.93. The average molecular weight is 283 g/mol. The molecule has 110 valence electrons. The third-order valence-corrected chi connectivity index (χ3v) is 3.37. The fourth-order valence-corrected chi connectivity index (χ4v) is 2.15. The van der Waals surface area contributed by atoms with Gasteiger partial charge in [-0.3, -0.25) is 9.78 Å². The van der Waals surface area contributed by atoms with Crippen LogP contribution in [0.2, 0.25) is 0 Å². The molecule has 0 radical (unpaired) electrons. The lowest BCUT2D eigenvalue weighted by Gasteiger charge is -2.12. The number of hydrogen-bond donors (Lipinski definition) is 2. The average Bonchev–Trinajstić information content (AvgIpc) is 2.46. The van der Waals surface area contributed by atoms with E-state index in [2.05, 4.69) is 15.6 Å². The smallest absolute Gasteiger partial charge is 0.253 e. The molecule has 0 fully saturated rings. The summed E-state index contributed by atoms with van der Waals surface area (Å²) in [6, 6.07) is 7.75. The van der Waals surface area contributed by atoms with Crippen LogP contribution < -0.4 is 10.6 Å². The van der Waals surface area contributed by atoms with Crippen molar-refractivity contribution >= 4 is 11.6 Å². The third-order valence-electron chi connectivity index (χ3n) is 3.37. The van der Waals surface area contributed by atoms with Gasteiger partial charge in [0.1, 0.15) is 0 Å². The number of amides is 1. The summed E-state index contributed by atoms with van der Waals surface area (Å²) in [5.41, 5.74) is 4.83. The van der Waals surface area contributed by atoms with Crippen LogP contribution in [0.25, 0.3) is 0 Å². The molecule has 2 aromatic rings. The number of carbonyl (C=O) groups is 1. The molecule has 0 aliphatic heterocycles. The molecule has 1 amide bonds. The Morgan fingerprint density at radius 3 is 2.76 bits per heavy atom. The summed E-state index contributed by atoms with van der Waals surface area (Å²) in [4.78, 5) is 16.5. The minimum absolute atomic E-state index is 0.0748. The van der Waals surface area contributed by atoms with E-state index in [1.807, 2.05) is 45.0 Å². The number of rotatable bonds is 5. The first kappa shape index (κ1) is 15.0. The van der Waals surface area contributed by atoms with Gasteiger partial charge in [0.2, 0.25) is 0 Å². The SMILES string of the molecule is CCNc1cc(C)ccc1C(=O)NCc1cnccc1C. The van der Waals surface area contributed by atoms with Crippen molar-refractivity contribution in [2.45, 2.75) is 27.3 Å². The first-order chi connectivity index (χ1) is 10.1. The van der Waals surface area contributed by atoms with Gasteiger partial charge in [-0.15, -0.1) is 0 Å². The maximum atomic E-state index is 12.4. The van der Waals surface area contributed by atoms with Crippen molar-refractivity contribution in [3.63, 3.8) is 0 Å². The van der Waals surface area contributed by atoms with Crippen molar-refractivity contribution < 1.29 is 4.79 Å². The van der Waals surface area contributed by atoms with Crippen LogP contribution >= 0.6 is 0 Å². The van der Waals surface area contributed by atoms with E-state index in [9.17, 15) is 4.79 Å². The largest absolute Gasteiger partial charge is 0.385 e. The Morgan fingerprint density at radius 2 is 2.05 bits per heavy atom. The zero-order valence-corrected chi connectivity index (χ0v) is 12.7. The van der Waals surface area contributed by atoms with Gasteiger partial charge in [0.05, 0.1) is 5.56 Å². The van der Waals surface area contributed by atoms with E-state index >= 15 is 0 Å². The highest BCUT2D eigenvalue weighted by molar-refractivity contribution is 5.99. The second kappa shape index (κ2) is 6.88. The van der Waals surface area contributed by atoms with E-state index in [1.54, 1.807) is 12.4 Å². The molecule has 4 heteroatoms. The van der Waals surface area contributed by atoms with E-state index in [0.29, 0.717) is 12.1 Å². The number of benzene rings is 1. The first-order valence-corrected chi connectivity index (χ1v) is 7.14. The molecule has 1 aromatic carbocycles. The molecule has 2 rings (SSSR count). The monoisotopic (exact) mass is 283 g/mol. The highest BCUT2D eigenvalue weighted by Gasteiger charge is 2.11. The van der Waals surface area contributed by atoms with E-state index in [4.69, 9.17) is 0 Å². The van der Waals surface area contributed by atoms with Gasteiger partial charge >= 0.3 is 0 Å². The van der Waals surface area contributed by atoms with E-state index in [-0.39, 0.29) is 5.91 Å². The van der Waals surface area contributed by atoms with Crippen LogP contribution in [0.1, 0.15) is 34.0 Å². The number of aryl methyl sites for hydroxylation is 2. The zero-order chi connectivity index (χ0) is 15.2. The Morgan fingerprint density at radius 1 is 1.24 bits per heavy atom. The minimum Gasteiger partial charge on any atom is -0.385 e. The lowest BCUT2D eigenvalue weighted by molar-refractivity contribution is 0.0951. The quantitative estimate of drug-likeness (QED) is 0.886. The molecule has 0 saturated carbocycles. The lowest BCUT2D eigenvalue weighted by Crippen LogP contribution is -2.24. The van der Waals surface area contributed by atoms with Crippen molar-refractivity contribution in [1.82, 2.24) is 10.3 Å². The molecule has 0 saturated heterocycles. The number of nitrogens with zero attached hydrogens (tertiary/aromatic N) is 1. The molecule has 0 aliphatic carbocycles. The van der Waals surface area contributed by atoms with Gasteiger partial charge in [0.15, 0.2) is 0 Å². The Hall–Kier alpha value is -2.36. The van der Waals surface area contributed by atoms with Crippen LogP contribution in [0.4, 0.5) is 5.69 Å². The Balaban J connectivity index is 2.12. The standard InChI is InChI=1S/C17H21N3O/c1-4-19-16-9-12(2)5-6-15(16)17(21)20-11-14-10-18-8-7-13(14)3/h5-10,19H,4,11H2,1-3H3,(H,20,21). The third kappa shape index (κ3) is 3.81. The van der Waals surface area contributed by atoms with Gasteiger partial charge in [-0.1, -0.05) is 6.07 Å². The maximum absolute atomic E-state index is 12.4. The number of anilines is 1. The van der Waals surface area contributed by atoms with Gasteiger partial charge in [-0.2, -0.15) is 0 Å². The van der Waals surface area contributed by atoms with Crippen molar-refractivity contribution in [2.75, 3.05) is 11.9 Å². The molecular formula is C17H21N3O. The molecule has 0 aliphatic rings. The summed E-state index contributed by atoms with van der Waals surface area (Å²) in [5.74, 6) is -0.0748. The molecule has 4 nitrogen and oxygen atoms in total. The Labute approximate surface area is 125 Å². The van der Waals surface area contributed by atoms with Crippen LogP contribution in [0, 0.1) is 13.8 Å². The van der Waals surface area contributed by atoms with Gasteiger partial charge in [0.25, 0.3) is 5.91 Å². The van der Waals surface area contributed by atoms with Gasteiger partial charge in [-0.05, 0) is 55.7 Å². The topological polar surface area (TPSA) is 54.0 Å². The maximum Gasteiger partial charge on any atom is 0.253 e. The number of aromatic nitrogens is 1. The van der Waals surface area contributed by atoms with E-state index < -0.39 is 0 Å². The molecule has 1 aromatic heterocycles. The van der Waals surface area contributed by atoms with Crippen molar-refractivity contribution in [2.24, 2.45) is 0 Å². The molecule has 0 spiro atoms. The fraction of sp³-hybridized carbons (Fsp3) is 0.294. The normalized spacial score (nSPS) is 10.2. The number of nitrogens with one attached hydrogen (secondary N) is 2. The molecule has 21 heavy (non-hydrogen) atoms. The molecule has 2 N–H and O–H groups in total. The Bertz CT molecular complexity index is 638. The predicted octanol–water partition coefficient (Wildman–Crippen LogP) is 3.06. The zero-order valence-electron chi connectivity index (χ0n) is 12.7. The summed E-state index contributed by atoms with van der Waals surface area (Å²) in [7, 11) is 0. The van der Waals surface area contributed by atoms with Crippen molar-refractivity contribution in [1.29, 1.82) is 0 Å². The fourth-order valence-electron chi connectivity index (χ4n) is 2.15. The number of hydrogen-bond acceptors (Lipinski definition) is 3. The van der Waals surface area contributed by atoms with E-state index in [0.717, 1.165) is 28.9 Å². The summed E-state index contributed by atoms with van der Waals surface area (Å²) in [6.45, 7) is 7.31. The van der Waals surface area contributed by atoms with Crippen LogP contribution in [-0.2, 0) is 6.54 Å². The van der Waals surface area contributed by atoms with Crippen LogP contribution in [-0.4, -0.2) is 17.4 Å². The highest BCUT2D eigenvalue weighted by Crippen LogP contribution is 2.17. The molecule has 0 unspecified atom stereocenters. The van der Waals surface area contributed by atoms with Crippen LogP contribution in [0.15, 0.2) is 36.7 Å². The van der Waals surface area contributed by atoms with Gasteiger partial charge in [-0.25, -0.2) is 0 Å². The van der Waals surface area contributed by atoms with Crippen LogP contribution in [0.3, 0.4) is 0 Å². The molecule has 0 bridgehead atoms. The van der Waals surface area contributed by atoms with Crippen molar-refractivity contribution in [3.8, 4) is 0 Å². The molecule has 1 heterocycles. The highest BCUT2D eigenvalue weighted by atomic mass is 16.1. The lowest BCUT2D eigenvalue weighted by atomic mass is 10.1. The number of carbonyl (C=O) groups excluding carboxylic acids is 1. The second-order valence-corrected chi connectivity index (χ2v) is 5.06. The van der Waals surface area contributed by atoms with Gasteiger partial charge < -0.3 is 10.6 Å². The predicted molar refractivity (Wildman–Crippen MR) is 85.5 cm³/mol. The second-order valence-electron chi connectivity index (χ2n) is 5.06.